The molecule has 0 N–H and O–H groups in total. The monoisotopic (exact) mass is 160 g/mol. The highest BCUT2D eigenvalue weighted by Gasteiger charge is 2.87. The van der Waals surface area contributed by atoms with Crippen LogP contribution < -0.4 is 0 Å². The quantitative estimate of drug-likeness (QED) is 0.516. The molecule has 7 aliphatic rings. The smallest absolute Gasteiger partial charge is 0.0648 e. The molecule has 0 spiro atoms. The van der Waals surface area contributed by atoms with Crippen molar-refractivity contribution in [3.8, 4) is 0 Å². The van der Waals surface area contributed by atoms with Gasteiger partial charge in [0.05, 0.1) is 12.2 Å². The van der Waals surface area contributed by atoms with Crippen LogP contribution in [0.5, 0.6) is 0 Å². The third-order valence-corrected chi connectivity index (χ3v) is 6.58. The lowest BCUT2D eigenvalue weighted by Gasteiger charge is -2.43. The van der Waals surface area contributed by atoms with E-state index in [1.165, 1.54) is 11.8 Å². The van der Waals surface area contributed by atoms with Crippen LogP contribution >= 0.6 is 0 Å². The summed E-state index contributed by atoms with van der Waals surface area (Å²) in [5.41, 5.74) is 0. The molecule has 4 bridgehead atoms. The summed E-state index contributed by atoms with van der Waals surface area (Å²) in [6.07, 6.45) is 3.18. The highest BCUT2D eigenvalue weighted by molar-refractivity contribution is 5.34. The zero-order valence-corrected chi connectivity index (χ0v) is 6.89. The second-order valence-corrected chi connectivity index (χ2v) is 6.09. The largest absolute Gasteiger partial charge is 0.374 e. The van der Waals surface area contributed by atoms with E-state index in [1.54, 1.807) is 6.42 Å². The average molecular weight is 160 g/mol. The van der Waals surface area contributed by atoms with Gasteiger partial charge in [-0.1, -0.05) is 0 Å². The molecule has 5 saturated carbocycles. The van der Waals surface area contributed by atoms with Gasteiger partial charge in [0.25, 0.3) is 0 Å². The van der Waals surface area contributed by atoms with E-state index in [4.69, 9.17) is 4.74 Å². The van der Waals surface area contributed by atoms with Crippen LogP contribution in [0.4, 0.5) is 0 Å². The Balaban J connectivity index is 1.86. The molecule has 7 rings (SSSR count). The van der Waals surface area contributed by atoms with Crippen LogP contribution in [0.1, 0.15) is 6.42 Å². The molecule has 7 fully saturated rings. The van der Waals surface area contributed by atoms with Gasteiger partial charge in [-0.15, -0.1) is 0 Å². The van der Waals surface area contributed by atoms with Crippen molar-refractivity contribution in [1.82, 2.24) is 0 Å². The Hall–Kier alpha value is -0.0400. The predicted molar refractivity (Wildman–Crippen MR) is 41.2 cm³/mol. The van der Waals surface area contributed by atoms with Gasteiger partial charge in [-0.2, -0.15) is 0 Å². The lowest BCUT2D eigenvalue weighted by atomic mass is 9.60. The summed E-state index contributed by atoms with van der Waals surface area (Å²) in [6.45, 7) is 0. The fraction of sp³-hybridized carbons (Fsp3) is 1.00. The summed E-state index contributed by atoms with van der Waals surface area (Å²) < 4.78 is 6.17. The molecule has 1 heteroatoms. The summed E-state index contributed by atoms with van der Waals surface area (Å²) >= 11 is 0. The van der Waals surface area contributed by atoms with Crippen LogP contribution in [-0.4, -0.2) is 12.2 Å². The summed E-state index contributed by atoms with van der Waals surface area (Å²) in [5.74, 6) is 8.98. The van der Waals surface area contributed by atoms with Gasteiger partial charge in [0.15, 0.2) is 0 Å². The summed E-state index contributed by atoms with van der Waals surface area (Å²) in [7, 11) is 0. The van der Waals surface area contributed by atoms with E-state index in [1.807, 2.05) is 0 Å². The fourth-order valence-electron chi connectivity index (χ4n) is 6.91. The molecule has 0 amide bonds. The van der Waals surface area contributed by atoms with Crippen molar-refractivity contribution in [2.45, 2.75) is 18.6 Å². The third-order valence-electron chi connectivity index (χ3n) is 6.58. The van der Waals surface area contributed by atoms with Crippen LogP contribution in [0.25, 0.3) is 0 Å². The van der Waals surface area contributed by atoms with Gasteiger partial charge in [0, 0.05) is 0 Å². The van der Waals surface area contributed by atoms with Gasteiger partial charge >= 0.3 is 0 Å². The van der Waals surface area contributed by atoms with Crippen molar-refractivity contribution in [2.24, 2.45) is 47.3 Å². The van der Waals surface area contributed by atoms with Crippen molar-refractivity contribution >= 4 is 0 Å². The molecule has 0 aromatic carbocycles. The standard InChI is InChI=1S/C11H12O/c1-2-4-5-3(1)7-6(2)10-8(4)9(5)11(7)12-10/h2-11H,1H2. The molecular weight excluding hydrogens is 148 g/mol. The maximum Gasteiger partial charge on any atom is 0.0648 e. The Labute approximate surface area is 71.5 Å². The van der Waals surface area contributed by atoms with E-state index in [0.717, 1.165) is 47.7 Å². The van der Waals surface area contributed by atoms with E-state index in [9.17, 15) is 0 Å². The predicted octanol–water partition coefficient (Wildman–Crippen LogP) is 1.14. The van der Waals surface area contributed by atoms with Crippen molar-refractivity contribution in [2.75, 3.05) is 0 Å². The molecule has 12 heavy (non-hydrogen) atoms. The van der Waals surface area contributed by atoms with Crippen LogP contribution in [0, 0.1) is 47.3 Å². The summed E-state index contributed by atoms with van der Waals surface area (Å²) in [6, 6.07) is 0. The maximum atomic E-state index is 6.17. The lowest BCUT2D eigenvalue weighted by Crippen LogP contribution is -2.43. The third kappa shape index (κ3) is 0.222. The van der Waals surface area contributed by atoms with Gasteiger partial charge in [-0.05, 0) is 53.8 Å². The lowest BCUT2D eigenvalue weighted by molar-refractivity contribution is 0.0368. The van der Waals surface area contributed by atoms with E-state index < -0.39 is 0 Å². The molecule has 5 aliphatic carbocycles. The zero-order valence-electron chi connectivity index (χ0n) is 6.89. The van der Waals surface area contributed by atoms with Crippen molar-refractivity contribution in [1.29, 1.82) is 0 Å². The number of rotatable bonds is 0. The Kier molecular flexibility index (Phi) is 0.443. The minimum absolute atomic E-state index is 0.781. The highest BCUT2D eigenvalue weighted by atomic mass is 16.5. The number of hydrogen-bond donors (Lipinski definition) is 0. The highest BCUT2D eigenvalue weighted by Crippen LogP contribution is 2.87. The molecule has 62 valence electrons. The van der Waals surface area contributed by atoms with Gasteiger partial charge in [-0.3, -0.25) is 0 Å². The second-order valence-electron chi connectivity index (χ2n) is 6.09. The normalized spacial score (nSPS) is 94.0. The minimum Gasteiger partial charge on any atom is -0.374 e. The first kappa shape index (κ1) is 4.99. The van der Waals surface area contributed by atoms with Gasteiger partial charge in [0.1, 0.15) is 0 Å². The van der Waals surface area contributed by atoms with E-state index in [0.29, 0.717) is 0 Å². The Morgan fingerprint density at radius 3 is 1.83 bits per heavy atom. The molecule has 2 aliphatic heterocycles. The van der Waals surface area contributed by atoms with Crippen molar-refractivity contribution in [3.63, 3.8) is 0 Å². The maximum absolute atomic E-state index is 6.17. The van der Waals surface area contributed by atoms with Gasteiger partial charge < -0.3 is 4.74 Å². The number of hydrogen-bond acceptors (Lipinski definition) is 1. The molecule has 10 atom stereocenters. The van der Waals surface area contributed by atoms with Gasteiger partial charge in [-0.25, -0.2) is 0 Å². The summed E-state index contributed by atoms with van der Waals surface area (Å²) in [5, 5.41) is 0. The first-order valence-electron chi connectivity index (χ1n) is 5.62. The fourth-order valence-corrected chi connectivity index (χ4v) is 6.91. The van der Waals surface area contributed by atoms with Crippen molar-refractivity contribution in [3.05, 3.63) is 0 Å². The average Bonchev–Trinajstić information content (AvgIpc) is 2.51. The first-order valence-corrected chi connectivity index (χ1v) is 5.62. The molecule has 10 unspecified atom stereocenters. The molecule has 2 saturated heterocycles. The Morgan fingerprint density at radius 2 is 1.25 bits per heavy atom. The summed E-state index contributed by atoms with van der Waals surface area (Å²) in [4.78, 5) is 0. The first-order chi connectivity index (χ1) is 5.97. The SMILES string of the molecule is C1C2C3C4OC5C3C1C1C2C4C51. The Morgan fingerprint density at radius 1 is 0.667 bits per heavy atom. The topological polar surface area (TPSA) is 9.23 Å². The van der Waals surface area contributed by atoms with Crippen molar-refractivity contribution < 1.29 is 4.74 Å². The Bertz CT molecular complexity index is 246. The zero-order chi connectivity index (χ0) is 7.19. The van der Waals surface area contributed by atoms with E-state index in [-0.39, 0.29) is 0 Å². The molecule has 0 aromatic rings. The molecule has 2 heterocycles. The van der Waals surface area contributed by atoms with Crippen LogP contribution in [0.2, 0.25) is 0 Å². The minimum atomic E-state index is 0.781. The molecule has 0 radical (unpaired) electrons. The van der Waals surface area contributed by atoms with Crippen LogP contribution in [-0.2, 0) is 4.74 Å². The molecular formula is C11H12O. The molecule has 0 aromatic heterocycles. The van der Waals surface area contributed by atoms with Crippen LogP contribution in [0.3, 0.4) is 0 Å². The van der Waals surface area contributed by atoms with Crippen LogP contribution in [0.15, 0.2) is 0 Å². The number of ether oxygens (including phenoxy) is 1. The van der Waals surface area contributed by atoms with E-state index >= 15 is 0 Å². The second kappa shape index (κ2) is 1.06. The molecule has 1 nitrogen and oxygen atoms in total. The van der Waals surface area contributed by atoms with Gasteiger partial charge in [0.2, 0.25) is 0 Å². The van der Waals surface area contributed by atoms with E-state index in [2.05, 4.69) is 0 Å².